The van der Waals surface area contributed by atoms with Gasteiger partial charge in [0, 0.05) is 17.9 Å². The molecule has 5 heteroatoms. The molecule has 1 aliphatic heterocycles. The summed E-state index contributed by atoms with van der Waals surface area (Å²) in [6, 6.07) is 15.7. The van der Waals surface area contributed by atoms with Crippen molar-refractivity contribution in [3.8, 4) is 0 Å². The van der Waals surface area contributed by atoms with E-state index in [0.717, 1.165) is 30.7 Å². The van der Waals surface area contributed by atoms with E-state index in [2.05, 4.69) is 41.6 Å². The summed E-state index contributed by atoms with van der Waals surface area (Å²) >= 11 is 0. The number of nitrogens with one attached hydrogen (secondary N) is 2. The minimum atomic E-state index is -0.182. The molecule has 2 N–H and O–H groups in total. The van der Waals surface area contributed by atoms with Gasteiger partial charge in [-0.15, -0.1) is 0 Å². The number of anilines is 1. The second kappa shape index (κ2) is 9.51. The summed E-state index contributed by atoms with van der Waals surface area (Å²) in [5.41, 5.74) is 3.86. The molecule has 2 aromatic carbocycles. The Balaban J connectivity index is 1.76. The molecule has 28 heavy (non-hydrogen) atoms. The van der Waals surface area contributed by atoms with Crippen molar-refractivity contribution in [1.29, 1.82) is 0 Å². The SMILES string of the molecule is Cc1ccc(C(=O)NC(=NC[C@H]2CCCO2)Nc2cccc(C(C)C)c2)cc1. The number of aryl methyl sites for hydroxylation is 1. The molecule has 0 aromatic heterocycles. The molecule has 1 saturated heterocycles. The summed E-state index contributed by atoms with van der Waals surface area (Å²) < 4.78 is 5.66. The van der Waals surface area contributed by atoms with E-state index < -0.39 is 0 Å². The lowest BCUT2D eigenvalue weighted by atomic mass is 10.0. The summed E-state index contributed by atoms with van der Waals surface area (Å²) in [6.45, 7) is 7.63. The van der Waals surface area contributed by atoms with Gasteiger partial charge < -0.3 is 10.1 Å². The van der Waals surface area contributed by atoms with Crippen LogP contribution in [0.2, 0.25) is 0 Å². The van der Waals surface area contributed by atoms with Crippen molar-refractivity contribution in [2.45, 2.75) is 45.6 Å². The van der Waals surface area contributed by atoms with Crippen LogP contribution in [-0.4, -0.2) is 31.1 Å². The van der Waals surface area contributed by atoms with Crippen LogP contribution in [-0.2, 0) is 4.74 Å². The van der Waals surface area contributed by atoms with E-state index in [0.29, 0.717) is 24.0 Å². The van der Waals surface area contributed by atoms with Crippen LogP contribution < -0.4 is 10.6 Å². The zero-order valence-corrected chi connectivity index (χ0v) is 16.9. The van der Waals surface area contributed by atoms with Crippen molar-refractivity contribution >= 4 is 17.6 Å². The van der Waals surface area contributed by atoms with Gasteiger partial charge in [-0.05, 0) is 55.5 Å². The Labute approximate surface area is 167 Å². The predicted octanol–water partition coefficient (Wildman–Crippen LogP) is 4.50. The molecule has 148 valence electrons. The zero-order valence-electron chi connectivity index (χ0n) is 16.9. The Bertz CT molecular complexity index is 822. The fraction of sp³-hybridized carbons (Fsp3) is 0.391. The highest BCUT2D eigenvalue weighted by molar-refractivity contribution is 6.10. The van der Waals surface area contributed by atoms with E-state index in [9.17, 15) is 4.79 Å². The number of hydrogen-bond acceptors (Lipinski definition) is 3. The van der Waals surface area contributed by atoms with Crippen molar-refractivity contribution in [3.63, 3.8) is 0 Å². The molecular weight excluding hydrogens is 350 g/mol. The molecule has 1 heterocycles. The third-order valence-corrected chi connectivity index (χ3v) is 4.84. The van der Waals surface area contributed by atoms with Gasteiger partial charge in [0.2, 0.25) is 5.96 Å². The van der Waals surface area contributed by atoms with Crippen LogP contribution in [0.15, 0.2) is 53.5 Å². The number of hydrogen-bond donors (Lipinski definition) is 2. The van der Waals surface area contributed by atoms with Gasteiger partial charge in [-0.25, -0.2) is 4.99 Å². The zero-order chi connectivity index (χ0) is 19.9. The van der Waals surface area contributed by atoms with Gasteiger partial charge in [0.1, 0.15) is 0 Å². The van der Waals surface area contributed by atoms with Crippen LogP contribution >= 0.6 is 0 Å². The molecule has 0 aliphatic carbocycles. The van der Waals surface area contributed by atoms with Crippen LogP contribution in [0.4, 0.5) is 5.69 Å². The molecule has 0 bridgehead atoms. The third kappa shape index (κ3) is 5.67. The first-order valence-corrected chi connectivity index (χ1v) is 9.92. The standard InChI is InChI=1S/C23H29N3O2/c1-16(2)19-6-4-7-20(14-19)25-23(24-15-21-8-5-13-28-21)26-22(27)18-11-9-17(3)10-12-18/h4,6-7,9-12,14,16,21H,5,8,13,15H2,1-3H3,(H2,24,25,26,27)/t21-/m1/s1. The lowest BCUT2D eigenvalue weighted by Crippen LogP contribution is -2.36. The molecule has 1 atom stereocenters. The number of nitrogens with zero attached hydrogens (tertiary/aromatic N) is 1. The smallest absolute Gasteiger partial charge is 0.257 e. The van der Waals surface area contributed by atoms with E-state index in [-0.39, 0.29) is 12.0 Å². The summed E-state index contributed by atoms with van der Waals surface area (Å²) in [5.74, 6) is 0.691. The van der Waals surface area contributed by atoms with Crippen molar-refractivity contribution in [3.05, 3.63) is 65.2 Å². The fourth-order valence-corrected chi connectivity index (χ4v) is 3.09. The maximum atomic E-state index is 12.7. The Hall–Kier alpha value is -2.66. The number of carbonyl (C=O) groups excluding carboxylic acids is 1. The Kier molecular flexibility index (Phi) is 6.82. The number of guanidine groups is 1. The largest absolute Gasteiger partial charge is 0.376 e. The Morgan fingerprint density at radius 3 is 2.68 bits per heavy atom. The van der Waals surface area contributed by atoms with Crippen LogP contribution in [0.25, 0.3) is 0 Å². The Morgan fingerprint density at radius 2 is 2.00 bits per heavy atom. The van der Waals surface area contributed by atoms with Gasteiger partial charge in [0.05, 0.1) is 12.6 Å². The highest BCUT2D eigenvalue weighted by Gasteiger charge is 2.16. The van der Waals surface area contributed by atoms with Gasteiger partial charge in [-0.2, -0.15) is 0 Å². The van der Waals surface area contributed by atoms with Crippen molar-refractivity contribution < 1.29 is 9.53 Å². The first-order chi connectivity index (χ1) is 13.5. The molecular formula is C23H29N3O2. The minimum Gasteiger partial charge on any atom is -0.376 e. The Morgan fingerprint density at radius 1 is 1.21 bits per heavy atom. The van der Waals surface area contributed by atoms with Gasteiger partial charge in [0.15, 0.2) is 0 Å². The van der Waals surface area contributed by atoms with Crippen molar-refractivity contribution in [1.82, 2.24) is 5.32 Å². The summed E-state index contributed by atoms with van der Waals surface area (Å²) in [6.07, 6.45) is 2.19. The van der Waals surface area contributed by atoms with Crippen LogP contribution in [0.1, 0.15) is 54.1 Å². The fourth-order valence-electron chi connectivity index (χ4n) is 3.09. The lowest BCUT2D eigenvalue weighted by Gasteiger charge is -2.15. The van der Waals surface area contributed by atoms with E-state index >= 15 is 0 Å². The van der Waals surface area contributed by atoms with E-state index in [1.54, 1.807) is 0 Å². The molecule has 3 rings (SSSR count). The highest BCUT2D eigenvalue weighted by Crippen LogP contribution is 2.18. The van der Waals surface area contributed by atoms with Gasteiger partial charge in [-0.3, -0.25) is 10.1 Å². The van der Waals surface area contributed by atoms with Crippen molar-refractivity contribution in [2.75, 3.05) is 18.5 Å². The first-order valence-electron chi connectivity index (χ1n) is 9.92. The van der Waals surface area contributed by atoms with E-state index in [1.807, 2.05) is 43.3 Å². The van der Waals surface area contributed by atoms with Crippen LogP contribution in [0.5, 0.6) is 0 Å². The minimum absolute atomic E-state index is 0.120. The second-order valence-electron chi connectivity index (χ2n) is 7.55. The molecule has 5 nitrogen and oxygen atoms in total. The normalized spacial score (nSPS) is 17.0. The number of benzene rings is 2. The van der Waals surface area contributed by atoms with Gasteiger partial charge >= 0.3 is 0 Å². The molecule has 1 amide bonds. The second-order valence-corrected chi connectivity index (χ2v) is 7.55. The quantitative estimate of drug-likeness (QED) is 0.594. The average molecular weight is 380 g/mol. The topological polar surface area (TPSA) is 62.7 Å². The molecule has 0 saturated carbocycles. The number of amides is 1. The average Bonchev–Trinajstić information content (AvgIpc) is 3.20. The first kappa shape index (κ1) is 20.1. The number of aliphatic imine (C=N–C) groups is 1. The number of carbonyl (C=O) groups is 1. The van der Waals surface area contributed by atoms with Crippen LogP contribution in [0, 0.1) is 6.92 Å². The molecule has 0 radical (unpaired) electrons. The van der Waals surface area contributed by atoms with Crippen molar-refractivity contribution in [2.24, 2.45) is 4.99 Å². The van der Waals surface area contributed by atoms with Gasteiger partial charge in [0.25, 0.3) is 5.91 Å². The maximum absolute atomic E-state index is 12.7. The summed E-state index contributed by atoms with van der Waals surface area (Å²) in [5, 5.41) is 6.19. The predicted molar refractivity (Wildman–Crippen MR) is 114 cm³/mol. The van der Waals surface area contributed by atoms with E-state index in [4.69, 9.17) is 4.74 Å². The molecule has 1 aliphatic rings. The monoisotopic (exact) mass is 379 g/mol. The van der Waals surface area contributed by atoms with Crippen LogP contribution in [0.3, 0.4) is 0 Å². The molecule has 0 unspecified atom stereocenters. The molecule has 0 spiro atoms. The highest BCUT2D eigenvalue weighted by atomic mass is 16.5. The van der Waals surface area contributed by atoms with E-state index in [1.165, 1.54) is 5.56 Å². The summed E-state index contributed by atoms with van der Waals surface area (Å²) in [7, 11) is 0. The third-order valence-electron chi connectivity index (χ3n) is 4.84. The molecule has 2 aromatic rings. The van der Waals surface area contributed by atoms with Gasteiger partial charge in [-0.1, -0.05) is 43.7 Å². The summed E-state index contributed by atoms with van der Waals surface area (Å²) in [4.78, 5) is 17.3. The number of rotatable bonds is 5. The molecule has 1 fully saturated rings. The lowest BCUT2D eigenvalue weighted by molar-refractivity contribution is 0.0975. The number of ether oxygens (including phenoxy) is 1. The maximum Gasteiger partial charge on any atom is 0.257 e.